The van der Waals surface area contributed by atoms with Crippen molar-refractivity contribution in [2.24, 2.45) is 0 Å². The molecular formula is C14H24F3N3O. The highest BCUT2D eigenvalue weighted by Gasteiger charge is 2.33. The van der Waals surface area contributed by atoms with E-state index in [2.05, 4.69) is 5.32 Å². The van der Waals surface area contributed by atoms with Gasteiger partial charge in [0.1, 0.15) is 0 Å². The number of hydrogen-bond acceptors (Lipinski definition) is 3. The minimum Gasteiger partial charge on any atom is -0.341 e. The van der Waals surface area contributed by atoms with E-state index in [1.165, 1.54) is 4.90 Å². The largest absolute Gasteiger partial charge is 0.401 e. The first-order chi connectivity index (χ1) is 9.85. The van der Waals surface area contributed by atoms with Gasteiger partial charge in [0.05, 0.1) is 12.6 Å². The summed E-state index contributed by atoms with van der Waals surface area (Å²) >= 11 is 0. The molecule has 1 atom stereocenters. The van der Waals surface area contributed by atoms with Gasteiger partial charge < -0.3 is 10.2 Å². The van der Waals surface area contributed by atoms with Crippen molar-refractivity contribution < 1.29 is 18.0 Å². The molecule has 7 heteroatoms. The van der Waals surface area contributed by atoms with Gasteiger partial charge >= 0.3 is 6.18 Å². The number of carbonyl (C=O) groups is 1. The van der Waals surface area contributed by atoms with Crippen LogP contribution >= 0.6 is 0 Å². The van der Waals surface area contributed by atoms with Crippen LogP contribution in [0, 0.1) is 0 Å². The van der Waals surface area contributed by atoms with Crippen LogP contribution in [0.3, 0.4) is 0 Å². The van der Waals surface area contributed by atoms with Gasteiger partial charge in [-0.1, -0.05) is 0 Å². The van der Waals surface area contributed by atoms with Crippen molar-refractivity contribution in [1.29, 1.82) is 0 Å². The zero-order chi connectivity index (χ0) is 15.5. The number of amides is 1. The fourth-order valence-corrected chi connectivity index (χ4v) is 3.15. The summed E-state index contributed by atoms with van der Waals surface area (Å²) in [6, 6.07) is -0.113. The molecule has 122 valence electrons. The van der Waals surface area contributed by atoms with Gasteiger partial charge in [-0.15, -0.1) is 0 Å². The monoisotopic (exact) mass is 307 g/mol. The standard InChI is InChI=1S/C14H24F3N3O/c1-11(13(21)20-6-2-3-7-20)18-12-4-8-19(9-5-12)10-14(15,16)17/h11-12,18H,2-10H2,1H3. The molecule has 0 bridgehead atoms. The summed E-state index contributed by atoms with van der Waals surface area (Å²) in [6.07, 6.45) is -0.677. The van der Waals surface area contributed by atoms with E-state index in [4.69, 9.17) is 0 Å². The highest BCUT2D eigenvalue weighted by Crippen LogP contribution is 2.20. The topological polar surface area (TPSA) is 35.6 Å². The van der Waals surface area contributed by atoms with Crippen molar-refractivity contribution in [2.45, 2.75) is 50.9 Å². The zero-order valence-corrected chi connectivity index (χ0v) is 12.5. The summed E-state index contributed by atoms with van der Waals surface area (Å²) in [5.41, 5.74) is 0. The molecule has 0 radical (unpaired) electrons. The number of piperidine rings is 1. The van der Waals surface area contributed by atoms with E-state index in [-0.39, 0.29) is 18.0 Å². The Morgan fingerprint density at radius 3 is 2.29 bits per heavy atom. The summed E-state index contributed by atoms with van der Waals surface area (Å²) in [5.74, 6) is 0.116. The molecule has 21 heavy (non-hydrogen) atoms. The molecule has 1 unspecified atom stereocenters. The van der Waals surface area contributed by atoms with Crippen LogP contribution in [0.2, 0.25) is 0 Å². The average Bonchev–Trinajstić information content (AvgIpc) is 2.92. The summed E-state index contributed by atoms with van der Waals surface area (Å²) < 4.78 is 37.0. The van der Waals surface area contributed by atoms with E-state index < -0.39 is 12.7 Å². The highest BCUT2D eigenvalue weighted by atomic mass is 19.4. The van der Waals surface area contributed by atoms with Gasteiger partial charge in [-0.25, -0.2) is 0 Å². The van der Waals surface area contributed by atoms with E-state index in [1.54, 1.807) is 0 Å². The van der Waals surface area contributed by atoms with Crippen molar-refractivity contribution in [3.8, 4) is 0 Å². The van der Waals surface area contributed by atoms with Crippen LogP contribution in [0.1, 0.15) is 32.6 Å². The zero-order valence-electron chi connectivity index (χ0n) is 12.5. The van der Waals surface area contributed by atoms with Gasteiger partial charge in [0.15, 0.2) is 0 Å². The minimum atomic E-state index is -4.13. The molecule has 0 aliphatic carbocycles. The molecule has 4 nitrogen and oxygen atoms in total. The Bertz CT molecular complexity index is 348. The van der Waals surface area contributed by atoms with Crippen LogP contribution < -0.4 is 5.32 Å². The molecular weight excluding hydrogens is 283 g/mol. The second kappa shape index (κ2) is 6.96. The number of rotatable bonds is 4. The Hall–Kier alpha value is -0.820. The molecule has 0 aromatic rings. The van der Waals surface area contributed by atoms with E-state index in [0.717, 1.165) is 25.9 Å². The SMILES string of the molecule is CC(NC1CCN(CC(F)(F)F)CC1)C(=O)N1CCCC1. The molecule has 1 amide bonds. The fraction of sp³-hybridized carbons (Fsp3) is 0.929. The van der Waals surface area contributed by atoms with Crippen molar-refractivity contribution in [3.63, 3.8) is 0 Å². The molecule has 1 N–H and O–H groups in total. The molecule has 2 rings (SSSR count). The third-order valence-corrected chi connectivity index (χ3v) is 4.26. The lowest BCUT2D eigenvalue weighted by Crippen LogP contribution is -2.51. The van der Waals surface area contributed by atoms with Crippen LogP contribution in [0.5, 0.6) is 0 Å². The average molecular weight is 307 g/mol. The number of hydrogen-bond donors (Lipinski definition) is 1. The van der Waals surface area contributed by atoms with Crippen LogP contribution in [0.25, 0.3) is 0 Å². The van der Waals surface area contributed by atoms with Gasteiger partial charge in [-0.3, -0.25) is 9.69 Å². The Kier molecular flexibility index (Phi) is 5.48. The fourth-order valence-electron chi connectivity index (χ4n) is 3.15. The van der Waals surface area contributed by atoms with Gasteiger partial charge in [-0.2, -0.15) is 13.2 Å². The van der Waals surface area contributed by atoms with E-state index in [9.17, 15) is 18.0 Å². The Morgan fingerprint density at radius 2 is 1.76 bits per heavy atom. The van der Waals surface area contributed by atoms with E-state index in [0.29, 0.717) is 25.9 Å². The molecule has 0 spiro atoms. The summed E-state index contributed by atoms with van der Waals surface area (Å²) in [4.78, 5) is 15.5. The highest BCUT2D eigenvalue weighted by molar-refractivity contribution is 5.81. The maximum absolute atomic E-state index is 12.3. The predicted octanol–water partition coefficient (Wildman–Crippen LogP) is 1.61. The number of nitrogens with one attached hydrogen (secondary N) is 1. The number of carbonyl (C=O) groups excluding carboxylic acids is 1. The molecule has 2 heterocycles. The van der Waals surface area contributed by atoms with Gasteiger partial charge in [0, 0.05) is 19.1 Å². The number of halogens is 3. The predicted molar refractivity (Wildman–Crippen MR) is 73.9 cm³/mol. The van der Waals surface area contributed by atoms with Crippen LogP contribution in [0.4, 0.5) is 13.2 Å². The smallest absolute Gasteiger partial charge is 0.341 e. The molecule has 2 saturated heterocycles. The second-order valence-corrected chi connectivity index (χ2v) is 6.09. The van der Waals surface area contributed by atoms with E-state index in [1.807, 2.05) is 11.8 Å². The summed E-state index contributed by atoms with van der Waals surface area (Å²) in [7, 11) is 0. The van der Waals surface area contributed by atoms with Gasteiger partial charge in [0.25, 0.3) is 0 Å². The molecule has 0 aromatic heterocycles. The van der Waals surface area contributed by atoms with Crippen LogP contribution in [-0.2, 0) is 4.79 Å². The van der Waals surface area contributed by atoms with Crippen molar-refractivity contribution in [2.75, 3.05) is 32.7 Å². The minimum absolute atomic E-state index is 0.116. The van der Waals surface area contributed by atoms with E-state index >= 15 is 0 Å². The number of alkyl halides is 3. The Balaban J connectivity index is 1.71. The first-order valence-corrected chi connectivity index (χ1v) is 7.69. The Morgan fingerprint density at radius 1 is 1.19 bits per heavy atom. The third-order valence-electron chi connectivity index (χ3n) is 4.26. The first kappa shape index (κ1) is 16.5. The quantitative estimate of drug-likeness (QED) is 0.857. The lowest BCUT2D eigenvalue weighted by atomic mass is 10.0. The molecule has 2 fully saturated rings. The lowest BCUT2D eigenvalue weighted by Gasteiger charge is -2.34. The maximum Gasteiger partial charge on any atom is 0.401 e. The maximum atomic E-state index is 12.3. The number of likely N-dealkylation sites (tertiary alicyclic amines) is 2. The molecule has 0 saturated carbocycles. The van der Waals surface area contributed by atoms with Crippen molar-refractivity contribution in [1.82, 2.24) is 15.1 Å². The van der Waals surface area contributed by atoms with Gasteiger partial charge in [0.2, 0.25) is 5.91 Å². The Labute approximate surface area is 123 Å². The summed E-state index contributed by atoms with van der Waals surface area (Å²) in [5, 5.41) is 3.28. The third kappa shape index (κ3) is 5.14. The van der Waals surface area contributed by atoms with Crippen molar-refractivity contribution in [3.05, 3.63) is 0 Å². The van der Waals surface area contributed by atoms with Crippen LogP contribution in [-0.4, -0.2) is 66.7 Å². The second-order valence-electron chi connectivity index (χ2n) is 6.09. The normalized spacial score (nSPS) is 23.5. The van der Waals surface area contributed by atoms with Gasteiger partial charge in [-0.05, 0) is 45.7 Å². The van der Waals surface area contributed by atoms with Crippen LogP contribution in [0.15, 0.2) is 0 Å². The summed E-state index contributed by atoms with van der Waals surface area (Å²) in [6.45, 7) is 3.54. The van der Waals surface area contributed by atoms with Crippen molar-refractivity contribution >= 4 is 5.91 Å². The first-order valence-electron chi connectivity index (χ1n) is 7.69. The molecule has 2 aliphatic heterocycles. The molecule has 2 aliphatic rings. The molecule has 0 aromatic carbocycles. The lowest BCUT2D eigenvalue weighted by molar-refractivity contribution is -0.148. The number of nitrogens with zero attached hydrogens (tertiary/aromatic N) is 2.